The van der Waals surface area contributed by atoms with Gasteiger partial charge in [-0.3, -0.25) is 14.9 Å². The van der Waals surface area contributed by atoms with Gasteiger partial charge in [0.1, 0.15) is 25.5 Å². The zero-order valence-corrected chi connectivity index (χ0v) is 19.6. The van der Waals surface area contributed by atoms with Crippen molar-refractivity contribution >= 4 is 36.7 Å². The summed E-state index contributed by atoms with van der Waals surface area (Å²) >= 11 is 6.57. The summed E-state index contributed by atoms with van der Waals surface area (Å²) in [5.74, 6) is 0.902. The predicted molar refractivity (Wildman–Crippen MR) is 127 cm³/mol. The number of rotatable bonds is 10. The summed E-state index contributed by atoms with van der Waals surface area (Å²) in [4.78, 5) is 16.2. The number of pyridine rings is 1. The van der Waals surface area contributed by atoms with Crippen LogP contribution < -0.4 is 20.3 Å². The van der Waals surface area contributed by atoms with Crippen molar-refractivity contribution in [2.24, 2.45) is 5.73 Å². The number of primary amides is 1. The number of amides is 1. The van der Waals surface area contributed by atoms with Gasteiger partial charge in [0.05, 0.1) is 18.2 Å². The van der Waals surface area contributed by atoms with Crippen molar-refractivity contribution in [1.82, 2.24) is 10.1 Å². The molecule has 1 unspecified atom stereocenters. The number of methoxy groups -OCH3 is 1. The topological polar surface area (TPSA) is 95.7 Å². The van der Waals surface area contributed by atoms with Crippen LogP contribution in [0.1, 0.15) is 35.7 Å². The molecule has 32 heavy (non-hydrogen) atoms. The van der Waals surface area contributed by atoms with Crippen LogP contribution in [-0.2, 0) is 10.7 Å². The number of carbonyl (C=O) groups is 1. The highest BCUT2D eigenvalue weighted by Crippen LogP contribution is 2.43. The molecule has 1 fully saturated rings. The van der Waals surface area contributed by atoms with Gasteiger partial charge in [-0.05, 0) is 49.6 Å². The van der Waals surface area contributed by atoms with Gasteiger partial charge in [-0.2, -0.15) is 0 Å². The molecule has 0 spiro atoms. The van der Waals surface area contributed by atoms with Crippen molar-refractivity contribution in [2.45, 2.75) is 32.0 Å². The minimum atomic E-state index is -0.765. The quantitative estimate of drug-likeness (QED) is 0.383. The molecule has 0 saturated heterocycles. The average molecular weight is 474 g/mol. The van der Waals surface area contributed by atoms with Crippen LogP contribution in [0.4, 0.5) is 0 Å². The normalized spacial score (nSPS) is 14.3. The second-order valence-electron chi connectivity index (χ2n) is 7.46. The number of nitrogens with zero attached hydrogens (tertiary/aromatic N) is 1. The Bertz CT molecular complexity index is 1140. The zero-order valence-electron chi connectivity index (χ0n) is 17.9. The Morgan fingerprint density at radius 2 is 2.06 bits per heavy atom. The summed E-state index contributed by atoms with van der Waals surface area (Å²) in [7, 11) is 0.716. The molecule has 1 aliphatic carbocycles. The average Bonchev–Trinajstić information content (AvgIpc) is 3.59. The van der Waals surface area contributed by atoms with Gasteiger partial charge in [-0.25, -0.2) is 0 Å². The van der Waals surface area contributed by atoms with E-state index in [1.807, 2.05) is 19.1 Å². The van der Waals surface area contributed by atoms with E-state index in [1.54, 1.807) is 30.5 Å². The summed E-state index contributed by atoms with van der Waals surface area (Å²) in [6, 6.07) is 11.2. The molecular weight excluding hydrogens is 449 g/mol. The third-order valence-electron chi connectivity index (χ3n) is 5.04. The molecule has 0 radical (unpaired) electrons. The number of hydrogen-bond acceptors (Lipinski definition) is 6. The van der Waals surface area contributed by atoms with Crippen LogP contribution in [0, 0.1) is 0 Å². The fourth-order valence-electron chi connectivity index (χ4n) is 3.30. The predicted octanol–water partition coefficient (Wildman–Crippen LogP) is 5.39. The smallest absolute Gasteiger partial charge is 0.252 e. The van der Waals surface area contributed by atoms with Crippen LogP contribution in [0.25, 0.3) is 10.9 Å². The Hall–Kier alpha value is -2.44. The standard InChI is InChI=1S/C23H25ClN3O4P/c1-3-30-32(27-15-5-6-15)13-14-4-7-16(10-19(14)24)31-21-8-9-26-20-12-22(29-2)18(23(25)28)11-17(20)21/h4,7-12,15,27H,3,5-6,13H2,1-2H3,(H2,25,28). The zero-order chi connectivity index (χ0) is 22.7. The van der Waals surface area contributed by atoms with Gasteiger partial charge in [0.2, 0.25) is 0 Å². The highest BCUT2D eigenvalue weighted by Gasteiger charge is 2.25. The second-order valence-corrected chi connectivity index (χ2v) is 9.45. The Morgan fingerprint density at radius 1 is 1.25 bits per heavy atom. The molecule has 3 N–H and O–H groups in total. The van der Waals surface area contributed by atoms with E-state index < -0.39 is 14.2 Å². The molecule has 0 bridgehead atoms. The SMILES string of the molecule is CCOP(Cc1ccc(Oc2ccnc3cc(OC)c(C(N)=O)cc23)cc1Cl)NC1CC1. The van der Waals surface area contributed by atoms with E-state index in [-0.39, 0.29) is 5.56 Å². The maximum absolute atomic E-state index is 11.8. The third kappa shape index (κ3) is 5.30. The van der Waals surface area contributed by atoms with Crippen LogP contribution in [-0.4, -0.2) is 30.6 Å². The summed E-state index contributed by atoms with van der Waals surface area (Å²) in [5.41, 5.74) is 7.40. The number of halogens is 1. The summed E-state index contributed by atoms with van der Waals surface area (Å²) in [6.07, 6.45) is 4.78. The van der Waals surface area contributed by atoms with Crippen molar-refractivity contribution in [3.63, 3.8) is 0 Å². The molecule has 1 aliphatic rings. The number of hydrogen-bond donors (Lipinski definition) is 2. The Labute approximate surface area is 193 Å². The summed E-state index contributed by atoms with van der Waals surface area (Å²) in [6.45, 7) is 2.66. The molecule has 7 nitrogen and oxygen atoms in total. The van der Waals surface area contributed by atoms with Crippen molar-refractivity contribution in [3.05, 3.63) is 58.7 Å². The maximum Gasteiger partial charge on any atom is 0.252 e. The molecule has 3 aromatic rings. The maximum atomic E-state index is 11.8. The number of aromatic nitrogens is 1. The Morgan fingerprint density at radius 3 is 2.72 bits per heavy atom. The van der Waals surface area contributed by atoms with Gasteiger partial charge in [0.25, 0.3) is 5.91 Å². The molecule has 4 rings (SSSR count). The molecule has 0 aliphatic heterocycles. The van der Waals surface area contributed by atoms with E-state index in [0.717, 1.165) is 11.7 Å². The van der Waals surface area contributed by atoms with Gasteiger partial charge in [0, 0.05) is 41.5 Å². The molecule has 1 atom stereocenters. The first-order valence-corrected chi connectivity index (χ1v) is 12.2. The minimum Gasteiger partial charge on any atom is -0.496 e. The van der Waals surface area contributed by atoms with Crippen LogP contribution in [0.3, 0.4) is 0 Å². The molecule has 168 valence electrons. The van der Waals surface area contributed by atoms with Crippen LogP contribution >= 0.6 is 19.9 Å². The molecular formula is C23H25ClN3O4P. The van der Waals surface area contributed by atoms with Gasteiger partial charge < -0.3 is 19.7 Å². The van der Waals surface area contributed by atoms with Gasteiger partial charge in [0.15, 0.2) is 0 Å². The molecule has 1 aromatic heterocycles. The van der Waals surface area contributed by atoms with Crippen LogP contribution in [0.15, 0.2) is 42.6 Å². The van der Waals surface area contributed by atoms with E-state index in [0.29, 0.717) is 45.8 Å². The minimum absolute atomic E-state index is 0.263. The summed E-state index contributed by atoms with van der Waals surface area (Å²) in [5, 5.41) is 4.83. The number of ether oxygens (including phenoxy) is 2. The molecule has 9 heteroatoms. The van der Waals surface area contributed by atoms with Crippen molar-refractivity contribution in [2.75, 3.05) is 13.7 Å². The van der Waals surface area contributed by atoms with Crippen LogP contribution in [0.2, 0.25) is 5.02 Å². The number of fused-ring (bicyclic) bond motifs is 1. The van der Waals surface area contributed by atoms with E-state index in [9.17, 15) is 4.79 Å². The second kappa shape index (κ2) is 10.0. The van der Waals surface area contributed by atoms with Gasteiger partial charge in [-0.15, -0.1) is 0 Å². The molecule has 1 saturated carbocycles. The first kappa shape index (κ1) is 22.7. The highest BCUT2D eigenvalue weighted by molar-refractivity contribution is 7.49. The lowest BCUT2D eigenvalue weighted by Crippen LogP contribution is -2.12. The Balaban J connectivity index is 1.58. The Kier molecular flexibility index (Phi) is 7.11. The number of nitrogens with one attached hydrogen (secondary N) is 1. The van der Waals surface area contributed by atoms with Gasteiger partial charge >= 0.3 is 0 Å². The van der Waals surface area contributed by atoms with Crippen LogP contribution in [0.5, 0.6) is 17.2 Å². The monoisotopic (exact) mass is 473 g/mol. The lowest BCUT2D eigenvalue weighted by atomic mass is 10.1. The molecule has 1 amide bonds. The fraction of sp³-hybridized carbons (Fsp3) is 0.304. The first-order chi connectivity index (χ1) is 15.5. The number of benzene rings is 2. The summed E-state index contributed by atoms with van der Waals surface area (Å²) < 4.78 is 17.3. The lowest BCUT2D eigenvalue weighted by molar-refractivity contribution is 0.0997. The van der Waals surface area contributed by atoms with E-state index >= 15 is 0 Å². The number of carbonyl (C=O) groups excluding carboxylic acids is 1. The fourth-order valence-corrected chi connectivity index (χ4v) is 5.45. The van der Waals surface area contributed by atoms with Gasteiger partial charge in [-0.1, -0.05) is 17.7 Å². The highest BCUT2D eigenvalue weighted by atomic mass is 35.5. The van der Waals surface area contributed by atoms with Crippen molar-refractivity contribution in [1.29, 1.82) is 0 Å². The molecule has 2 aromatic carbocycles. The van der Waals surface area contributed by atoms with E-state index in [2.05, 4.69) is 10.1 Å². The number of nitrogens with two attached hydrogens (primary N) is 1. The lowest BCUT2D eigenvalue weighted by Gasteiger charge is -2.19. The largest absolute Gasteiger partial charge is 0.496 e. The van der Waals surface area contributed by atoms with Crippen molar-refractivity contribution < 1.29 is 18.8 Å². The van der Waals surface area contributed by atoms with E-state index in [1.165, 1.54) is 20.0 Å². The third-order valence-corrected chi connectivity index (χ3v) is 7.25. The first-order valence-electron chi connectivity index (χ1n) is 10.4. The van der Waals surface area contributed by atoms with E-state index in [4.69, 9.17) is 31.3 Å². The van der Waals surface area contributed by atoms with Crippen molar-refractivity contribution in [3.8, 4) is 17.2 Å². The molecule has 1 heterocycles.